The second-order valence-corrected chi connectivity index (χ2v) is 6.17. The van der Waals surface area contributed by atoms with Crippen LogP contribution in [0.15, 0.2) is 12.3 Å². The van der Waals surface area contributed by atoms with Crippen LogP contribution in [0.4, 0.5) is 0 Å². The molecule has 2 aromatic heterocycles. The Balaban J connectivity index is 1.82. The Morgan fingerprint density at radius 2 is 2.43 bits per heavy atom. The number of aliphatic hydroxyl groups is 1. The van der Waals surface area contributed by atoms with Gasteiger partial charge in [-0.05, 0) is 25.8 Å². The number of pyridine rings is 1. The molecule has 0 bridgehead atoms. The number of nitrogens with zero attached hydrogens (tertiary/aromatic N) is 2. The molecule has 6 nitrogen and oxygen atoms in total. The first-order valence-electron chi connectivity index (χ1n) is 7.26. The predicted octanol–water partition coefficient (Wildman–Crippen LogP) is 1.55. The lowest BCUT2D eigenvalue weighted by atomic mass is 9.85. The smallest absolute Gasteiger partial charge is 0.253 e. The molecule has 6 heteroatoms. The van der Waals surface area contributed by atoms with Gasteiger partial charge in [0.1, 0.15) is 0 Å². The molecule has 2 aromatic rings. The minimum Gasteiger partial charge on any atom is -0.396 e. The lowest BCUT2D eigenvalue weighted by Gasteiger charge is -2.30. The Morgan fingerprint density at radius 1 is 1.62 bits per heavy atom. The summed E-state index contributed by atoms with van der Waals surface area (Å²) < 4.78 is 0. The van der Waals surface area contributed by atoms with E-state index in [4.69, 9.17) is 0 Å². The van der Waals surface area contributed by atoms with Crippen LogP contribution in [0.5, 0.6) is 0 Å². The molecule has 0 aromatic carbocycles. The van der Waals surface area contributed by atoms with Crippen molar-refractivity contribution in [1.82, 2.24) is 20.5 Å². The van der Waals surface area contributed by atoms with Crippen LogP contribution in [0.1, 0.15) is 42.2 Å². The molecule has 0 spiro atoms. The number of rotatable bonds is 3. The number of aryl methyl sites for hydroxylation is 1. The molecule has 1 amide bonds. The molecule has 2 atom stereocenters. The summed E-state index contributed by atoms with van der Waals surface area (Å²) in [7, 11) is 0. The summed E-state index contributed by atoms with van der Waals surface area (Å²) >= 11 is 0. The molecule has 0 radical (unpaired) electrons. The van der Waals surface area contributed by atoms with Crippen molar-refractivity contribution in [2.75, 3.05) is 6.61 Å². The summed E-state index contributed by atoms with van der Waals surface area (Å²) in [6.07, 6.45) is 4.42. The Bertz CT molecular complexity index is 681. The number of hydrogen-bond acceptors (Lipinski definition) is 4. The standard InChI is InChI=1S/C15H20N4O2/c1-9-11-6-10(7-16-13(11)19-18-9)14(21)17-12-4-3-5-15(12,2)8-20/h6-7,12,20H,3-5,8H2,1-2H3,(H,17,21)(H,16,18,19). The van der Waals surface area contributed by atoms with E-state index in [2.05, 4.69) is 20.5 Å². The van der Waals surface area contributed by atoms with Gasteiger partial charge in [0.15, 0.2) is 5.65 Å². The van der Waals surface area contributed by atoms with Crippen molar-refractivity contribution in [3.05, 3.63) is 23.5 Å². The van der Waals surface area contributed by atoms with E-state index in [0.29, 0.717) is 11.2 Å². The van der Waals surface area contributed by atoms with E-state index in [9.17, 15) is 9.90 Å². The molecule has 0 aliphatic heterocycles. The molecular formula is C15H20N4O2. The normalized spacial score (nSPS) is 25.4. The first-order valence-corrected chi connectivity index (χ1v) is 7.26. The molecule has 1 aliphatic rings. The molecule has 0 saturated heterocycles. The zero-order valence-electron chi connectivity index (χ0n) is 12.3. The summed E-state index contributed by atoms with van der Waals surface area (Å²) in [5, 5.41) is 20.4. The van der Waals surface area contributed by atoms with Crippen molar-refractivity contribution in [2.45, 2.75) is 39.2 Å². The van der Waals surface area contributed by atoms with Gasteiger partial charge in [0.25, 0.3) is 5.91 Å². The maximum atomic E-state index is 12.4. The van der Waals surface area contributed by atoms with E-state index < -0.39 is 0 Å². The molecule has 112 valence electrons. The van der Waals surface area contributed by atoms with Crippen LogP contribution in [0.2, 0.25) is 0 Å². The number of aliphatic hydroxyl groups excluding tert-OH is 1. The minimum absolute atomic E-state index is 0.0103. The van der Waals surface area contributed by atoms with Gasteiger partial charge < -0.3 is 10.4 Å². The minimum atomic E-state index is -0.223. The number of amides is 1. The van der Waals surface area contributed by atoms with Gasteiger partial charge in [-0.25, -0.2) is 4.98 Å². The lowest BCUT2D eigenvalue weighted by molar-refractivity contribution is 0.0830. The highest BCUT2D eigenvalue weighted by Crippen LogP contribution is 2.37. The fraction of sp³-hybridized carbons (Fsp3) is 0.533. The highest BCUT2D eigenvalue weighted by atomic mass is 16.3. The lowest BCUT2D eigenvalue weighted by Crippen LogP contribution is -2.44. The van der Waals surface area contributed by atoms with Gasteiger partial charge in [-0.15, -0.1) is 0 Å². The number of hydrogen-bond donors (Lipinski definition) is 3. The number of carbonyl (C=O) groups excluding carboxylic acids is 1. The Kier molecular flexibility index (Phi) is 3.41. The van der Waals surface area contributed by atoms with Crippen molar-refractivity contribution in [2.24, 2.45) is 5.41 Å². The zero-order valence-corrected chi connectivity index (χ0v) is 12.3. The van der Waals surface area contributed by atoms with Gasteiger partial charge in [0.2, 0.25) is 0 Å². The van der Waals surface area contributed by atoms with E-state index in [1.165, 1.54) is 0 Å². The van der Waals surface area contributed by atoms with E-state index in [-0.39, 0.29) is 24.0 Å². The van der Waals surface area contributed by atoms with Gasteiger partial charge >= 0.3 is 0 Å². The van der Waals surface area contributed by atoms with Crippen LogP contribution in [-0.2, 0) is 0 Å². The quantitative estimate of drug-likeness (QED) is 0.799. The molecule has 2 heterocycles. The highest BCUT2D eigenvalue weighted by Gasteiger charge is 2.39. The van der Waals surface area contributed by atoms with Crippen molar-refractivity contribution in [1.29, 1.82) is 0 Å². The molecule has 1 aliphatic carbocycles. The number of fused-ring (bicyclic) bond motifs is 1. The van der Waals surface area contributed by atoms with Gasteiger partial charge in [-0.3, -0.25) is 9.89 Å². The fourth-order valence-corrected chi connectivity index (χ4v) is 3.05. The van der Waals surface area contributed by atoms with Crippen molar-refractivity contribution < 1.29 is 9.90 Å². The SMILES string of the molecule is Cc1[nH]nc2ncc(C(=O)NC3CCCC3(C)CO)cc12. The third kappa shape index (κ3) is 2.40. The van der Waals surface area contributed by atoms with E-state index >= 15 is 0 Å². The van der Waals surface area contributed by atoms with Crippen LogP contribution in [0.3, 0.4) is 0 Å². The van der Waals surface area contributed by atoms with Crippen LogP contribution in [0.25, 0.3) is 11.0 Å². The maximum Gasteiger partial charge on any atom is 0.253 e. The summed E-state index contributed by atoms with van der Waals surface area (Å²) in [5.41, 5.74) is 1.82. The Hall–Kier alpha value is -1.95. The highest BCUT2D eigenvalue weighted by molar-refractivity contribution is 5.97. The first kappa shape index (κ1) is 14.0. The number of carbonyl (C=O) groups is 1. The zero-order chi connectivity index (χ0) is 15.0. The van der Waals surface area contributed by atoms with Crippen molar-refractivity contribution >= 4 is 16.9 Å². The summed E-state index contributed by atoms with van der Waals surface area (Å²) in [4.78, 5) is 16.6. The van der Waals surface area contributed by atoms with Gasteiger partial charge in [-0.1, -0.05) is 13.3 Å². The summed E-state index contributed by atoms with van der Waals surface area (Å²) in [6.45, 7) is 4.02. The number of aromatic amines is 1. The molecule has 3 N–H and O–H groups in total. The summed E-state index contributed by atoms with van der Waals surface area (Å²) in [6, 6.07) is 1.82. The third-order valence-corrected chi connectivity index (χ3v) is 4.61. The summed E-state index contributed by atoms with van der Waals surface area (Å²) in [5.74, 6) is -0.142. The van der Waals surface area contributed by atoms with Gasteiger partial charge in [-0.2, -0.15) is 5.10 Å². The predicted molar refractivity (Wildman–Crippen MR) is 78.9 cm³/mol. The van der Waals surface area contributed by atoms with Crippen LogP contribution in [-0.4, -0.2) is 38.8 Å². The Labute approximate surface area is 123 Å². The molecule has 1 saturated carbocycles. The van der Waals surface area contributed by atoms with Crippen molar-refractivity contribution in [3.63, 3.8) is 0 Å². The van der Waals surface area contributed by atoms with E-state index in [1.807, 2.05) is 19.9 Å². The molecule has 21 heavy (non-hydrogen) atoms. The van der Waals surface area contributed by atoms with E-state index in [1.54, 1.807) is 6.20 Å². The largest absolute Gasteiger partial charge is 0.396 e. The second kappa shape index (κ2) is 5.11. The van der Waals surface area contributed by atoms with E-state index in [0.717, 1.165) is 30.3 Å². The van der Waals surface area contributed by atoms with Gasteiger partial charge in [0, 0.05) is 28.7 Å². The van der Waals surface area contributed by atoms with Crippen LogP contribution >= 0.6 is 0 Å². The average Bonchev–Trinajstić information content (AvgIpc) is 3.04. The molecule has 3 rings (SSSR count). The molecular weight excluding hydrogens is 268 g/mol. The van der Waals surface area contributed by atoms with Crippen LogP contribution in [0, 0.1) is 12.3 Å². The first-order chi connectivity index (χ1) is 10.0. The molecule has 1 fully saturated rings. The number of aromatic nitrogens is 3. The van der Waals surface area contributed by atoms with Gasteiger partial charge in [0.05, 0.1) is 12.2 Å². The topological polar surface area (TPSA) is 90.9 Å². The fourth-order valence-electron chi connectivity index (χ4n) is 3.05. The Morgan fingerprint density at radius 3 is 3.19 bits per heavy atom. The van der Waals surface area contributed by atoms with Crippen LogP contribution < -0.4 is 5.32 Å². The average molecular weight is 288 g/mol. The maximum absolute atomic E-state index is 12.4. The molecule has 2 unspecified atom stereocenters. The number of nitrogens with one attached hydrogen (secondary N) is 2. The monoisotopic (exact) mass is 288 g/mol. The third-order valence-electron chi connectivity index (χ3n) is 4.61. The van der Waals surface area contributed by atoms with Crippen molar-refractivity contribution in [3.8, 4) is 0 Å². The second-order valence-electron chi connectivity index (χ2n) is 6.17. The number of H-pyrrole nitrogens is 1.